The second kappa shape index (κ2) is 7.93. The molecule has 1 atom stereocenters. The normalized spacial score (nSPS) is 16.7. The lowest BCUT2D eigenvalue weighted by Gasteiger charge is -2.23. The van der Waals surface area contributed by atoms with Crippen molar-refractivity contribution in [2.45, 2.75) is 38.9 Å². The van der Waals surface area contributed by atoms with Gasteiger partial charge in [-0.05, 0) is 55.2 Å². The smallest absolute Gasteiger partial charge is 0.270 e. The van der Waals surface area contributed by atoms with Crippen LogP contribution in [-0.2, 0) is 17.9 Å². The predicted molar refractivity (Wildman–Crippen MR) is 101 cm³/mol. The van der Waals surface area contributed by atoms with Gasteiger partial charge in [0.1, 0.15) is 11.7 Å². The van der Waals surface area contributed by atoms with Crippen molar-refractivity contribution >= 4 is 23.4 Å². The van der Waals surface area contributed by atoms with Crippen LogP contribution >= 0.6 is 11.6 Å². The summed E-state index contributed by atoms with van der Waals surface area (Å²) >= 11 is 6.04. The molecule has 3 rings (SSSR count). The number of carbonyl (C=O) groups is 2. The molecule has 0 aliphatic carbocycles. The summed E-state index contributed by atoms with van der Waals surface area (Å²) in [5, 5.41) is 3.53. The number of likely N-dealkylation sites (tertiary alicyclic amines) is 1. The van der Waals surface area contributed by atoms with Crippen LogP contribution < -0.4 is 11.1 Å². The second-order valence-electron chi connectivity index (χ2n) is 6.55. The van der Waals surface area contributed by atoms with Crippen LogP contribution in [0, 0.1) is 6.92 Å². The number of aromatic nitrogens is 1. The van der Waals surface area contributed by atoms with E-state index in [2.05, 4.69) is 10.3 Å². The van der Waals surface area contributed by atoms with E-state index in [1.165, 1.54) is 0 Å². The maximum atomic E-state index is 12.7. The van der Waals surface area contributed by atoms with Gasteiger partial charge >= 0.3 is 0 Å². The van der Waals surface area contributed by atoms with Gasteiger partial charge in [0.2, 0.25) is 5.91 Å². The van der Waals surface area contributed by atoms with Crippen molar-refractivity contribution in [3.63, 3.8) is 0 Å². The van der Waals surface area contributed by atoms with Crippen molar-refractivity contribution in [2.24, 2.45) is 5.73 Å². The number of nitrogens with zero attached hydrogens (tertiary/aromatic N) is 1. The van der Waals surface area contributed by atoms with Crippen LogP contribution in [0.4, 0.5) is 0 Å². The highest BCUT2D eigenvalue weighted by Gasteiger charge is 2.34. The number of carbonyl (C=O) groups excluding carboxylic acids is 2. The van der Waals surface area contributed by atoms with Gasteiger partial charge in [-0.1, -0.05) is 17.7 Å². The first kappa shape index (κ1) is 18.5. The highest BCUT2D eigenvalue weighted by Crippen LogP contribution is 2.21. The molecule has 0 saturated carbocycles. The summed E-state index contributed by atoms with van der Waals surface area (Å²) in [5.74, 6) is -0.289. The fraction of sp³-hybridized carbons (Fsp3) is 0.368. The molecular formula is C19H23ClN4O2. The van der Waals surface area contributed by atoms with Crippen LogP contribution in [0.1, 0.15) is 40.2 Å². The highest BCUT2D eigenvalue weighted by molar-refractivity contribution is 6.30. The lowest BCUT2D eigenvalue weighted by Crippen LogP contribution is -2.45. The molecule has 1 aliphatic heterocycles. The van der Waals surface area contributed by atoms with Crippen LogP contribution in [-0.4, -0.2) is 34.3 Å². The molecule has 1 aliphatic rings. The number of nitrogens with two attached hydrogens (primary N) is 1. The molecule has 0 radical (unpaired) electrons. The zero-order chi connectivity index (χ0) is 18.7. The number of hydrogen-bond donors (Lipinski definition) is 3. The van der Waals surface area contributed by atoms with Gasteiger partial charge in [0.25, 0.3) is 5.91 Å². The van der Waals surface area contributed by atoms with Gasteiger partial charge in [0.15, 0.2) is 0 Å². The van der Waals surface area contributed by atoms with Crippen LogP contribution in [0.15, 0.2) is 30.3 Å². The van der Waals surface area contributed by atoms with Crippen LogP contribution in [0.2, 0.25) is 5.02 Å². The largest absolute Gasteiger partial charge is 0.355 e. The topological polar surface area (TPSA) is 91.2 Å². The quantitative estimate of drug-likeness (QED) is 0.750. The molecule has 138 valence electrons. The number of rotatable bonds is 5. The summed E-state index contributed by atoms with van der Waals surface area (Å²) < 4.78 is 0. The molecule has 2 heterocycles. The molecule has 7 heteroatoms. The van der Waals surface area contributed by atoms with Gasteiger partial charge in [-0.25, -0.2) is 0 Å². The Morgan fingerprint density at radius 2 is 2.12 bits per heavy atom. The molecule has 4 N–H and O–H groups in total. The zero-order valence-corrected chi connectivity index (χ0v) is 15.5. The van der Waals surface area contributed by atoms with Crippen molar-refractivity contribution in [1.29, 1.82) is 0 Å². The SMILES string of the molecule is Cc1ccc(C(=O)N2CCC[C@H]2C(=O)NCc2cc(Cl)ccc2CN)[nH]1. The van der Waals surface area contributed by atoms with Crippen LogP contribution in [0.3, 0.4) is 0 Å². The van der Waals surface area contributed by atoms with Crippen molar-refractivity contribution < 1.29 is 9.59 Å². The van der Waals surface area contributed by atoms with Gasteiger partial charge < -0.3 is 20.9 Å². The molecule has 1 aromatic carbocycles. The molecule has 2 aromatic rings. The third-order valence-corrected chi connectivity index (χ3v) is 4.95. The minimum atomic E-state index is -0.452. The number of aromatic amines is 1. The Bertz CT molecular complexity index is 818. The average molecular weight is 375 g/mol. The van der Waals surface area contributed by atoms with Crippen LogP contribution in [0.25, 0.3) is 0 Å². The molecule has 0 bridgehead atoms. The highest BCUT2D eigenvalue weighted by atomic mass is 35.5. The summed E-state index contributed by atoms with van der Waals surface area (Å²) in [6, 6.07) is 8.61. The number of hydrogen-bond acceptors (Lipinski definition) is 3. The fourth-order valence-corrected chi connectivity index (χ4v) is 3.52. The standard InChI is InChI=1S/C19H23ClN4O2/c1-12-4-7-16(23-12)19(26)24-8-2-3-17(24)18(25)22-11-14-9-15(20)6-5-13(14)10-21/h4-7,9,17,23H,2-3,8,10-11,21H2,1H3,(H,22,25)/t17-/m0/s1. The molecule has 0 unspecified atom stereocenters. The van der Waals surface area contributed by atoms with E-state index in [4.69, 9.17) is 17.3 Å². The zero-order valence-electron chi connectivity index (χ0n) is 14.7. The predicted octanol–water partition coefficient (Wildman–Crippen LogP) is 2.36. The van der Waals surface area contributed by atoms with Crippen LogP contribution in [0.5, 0.6) is 0 Å². The Morgan fingerprint density at radius 3 is 2.81 bits per heavy atom. The molecule has 1 fully saturated rings. The van der Waals surface area contributed by atoms with Gasteiger partial charge in [-0.3, -0.25) is 9.59 Å². The lowest BCUT2D eigenvalue weighted by molar-refractivity contribution is -0.125. The number of halogens is 1. The third kappa shape index (κ3) is 3.92. The number of H-pyrrole nitrogens is 1. The van der Waals surface area contributed by atoms with Gasteiger partial charge in [0, 0.05) is 30.4 Å². The maximum absolute atomic E-state index is 12.7. The Balaban J connectivity index is 1.67. The van der Waals surface area contributed by atoms with E-state index in [0.29, 0.717) is 36.8 Å². The summed E-state index contributed by atoms with van der Waals surface area (Å²) in [7, 11) is 0. The number of amides is 2. The number of aryl methyl sites for hydroxylation is 1. The monoisotopic (exact) mass is 374 g/mol. The summed E-state index contributed by atoms with van der Waals surface area (Å²) in [6.45, 7) is 3.19. The Hall–Kier alpha value is -2.31. The molecule has 0 spiro atoms. The maximum Gasteiger partial charge on any atom is 0.270 e. The molecule has 26 heavy (non-hydrogen) atoms. The minimum Gasteiger partial charge on any atom is -0.355 e. The van der Waals surface area contributed by atoms with Gasteiger partial charge in [-0.15, -0.1) is 0 Å². The Morgan fingerprint density at radius 1 is 1.31 bits per heavy atom. The van der Waals surface area contributed by atoms with E-state index < -0.39 is 6.04 Å². The number of benzene rings is 1. The van der Waals surface area contributed by atoms with Crippen molar-refractivity contribution in [2.75, 3.05) is 6.54 Å². The van der Waals surface area contributed by atoms with E-state index in [0.717, 1.165) is 23.2 Å². The molecule has 1 saturated heterocycles. The van der Waals surface area contributed by atoms with Gasteiger partial charge in [-0.2, -0.15) is 0 Å². The van der Waals surface area contributed by atoms with E-state index in [9.17, 15) is 9.59 Å². The van der Waals surface area contributed by atoms with Gasteiger partial charge in [0.05, 0.1) is 0 Å². The van der Waals surface area contributed by atoms with E-state index in [1.807, 2.05) is 25.1 Å². The first-order valence-electron chi connectivity index (χ1n) is 8.71. The first-order valence-corrected chi connectivity index (χ1v) is 9.09. The summed E-state index contributed by atoms with van der Waals surface area (Å²) in [6.07, 6.45) is 1.48. The van der Waals surface area contributed by atoms with Crippen molar-refractivity contribution in [3.05, 3.63) is 57.9 Å². The Labute approximate surface area is 157 Å². The minimum absolute atomic E-state index is 0.138. The van der Waals surface area contributed by atoms with Crippen molar-refractivity contribution in [3.8, 4) is 0 Å². The molecule has 6 nitrogen and oxygen atoms in total. The van der Waals surface area contributed by atoms with E-state index in [-0.39, 0.29) is 11.8 Å². The Kier molecular flexibility index (Phi) is 5.64. The van der Waals surface area contributed by atoms with E-state index >= 15 is 0 Å². The molecular weight excluding hydrogens is 352 g/mol. The van der Waals surface area contributed by atoms with Crippen molar-refractivity contribution in [1.82, 2.24) is 15.2 Å². The fourth-order valence-electron chi connectivity index (χ4n) is 3.32. The third-order valence-electron chi connectivity index (χ3n) is 4.72. The molecule has 2 amide bonds. The first-order chi connectivity index (χ1) is 12.5. The van der Waals surface area contributed by atoms with E-state index in [1.54, 1.807) is 17.0 Å². The average Bonchev–Trinajstić information content (AvgIpc) is 3.28. The lowest BCUT2D eigenvalue weighted by atomic mass is 10.1. The summed E-state index contributed by atoms with van der Waals surface area (Å²) in [4.78, 5) is 30.0. The summed E-state index contributed by atoms with van der Waals surface area (Å²) in [5.41, 5.74) is 9.02. The number of nitrogens with one attached hydrogen (secondary N) is 2. The molecule has 1 aromatic heterocycles. The second-order valence-corrected chi connectivity index (χ2v) is 6.98.